The number of carbonyl (C=O) groups is 3. The zero-order valence-electron chi connectivity index (χ0n) is 16.2. The highest BCUT2D eigenvalue weighted by molar-refractivity contribution is 5.95. The Morgan fingerprint density at radius 1 is 0.929 bits per heavy atom. The molecule has 0 aliphatic carbocycles. The summed E-state index contributed by atoms with van der Waals surface area (Å²) in [6.45, 7) is 5.06. The zero-order valence-corrected chi connectivity index (χ0v) is 16.2. The fourth-order valence-corrected chi connectivity index (χ4v) is 2.28. The number of rotatable bonds is 8. The summed E-state index contributed by atoms with van der Waals surface area (Å²) in [7, 11) is 0. The van der Waals surface area contributed by atoms with Crippen LogP contribution in [0.3, 0.4) is 0 Å². The van der Waals surface area contributed by atoms with Crippen LogP contribution < -0.4 is 15.4 Å². The van der Waals surface area contributed by atoms with E-state index < -0.39 is 18.0 Å². The summed E-state index contributed by atoms with van der Waals surface area (Å²) in [5.74, 6) is -0.466. The summed E-state index contributed by atoms with van der Waals surface area (Å²) < 4.78 is 10.6. The number of benzene rings is 2. The van der Waals surface area contributed by atoms with Gasteiger partial charge >= 0.3 is 5.97 Å². The lowest BCUT2D eigenvalue weighted by molar-refractivity contribution is -0.153. The van der Waals surface area contributed by atoms with Gasteiger partial charge in [-0.2, -0.15) is 0 Å². The molecule has 7 heteroatoms. The maximum Gasteiger partial charge on any atom is 0.310 e. The molecular formula is C21H24N2O5. The van der Waals surface area contributed by atoms with Crippen molar-refractivity contribution >= 4 is 29.2 Å². The van der Waals surface area contributed by atoms with Crippen LogP contribution in [0.5, 0.6) is 5.75 Å². The molecule has 0 saturated carbocycles. The maximum atomic E-state index is 12.1. The summed E-state index contributed by atoms with van der Waals surface area (Å²) in [5.41, 5.74) is 2.28. The van der Waals surface area contributed by atoms with Gasteiger partial charge in [-0.1, -0.05) is 17.7 Å². The van der Waals surface area contributed by atoms with Crippen molar-refractivity contribution in [3.63, 3.8) is 0 Å². The summed E-state index contributed by atoms with van der Waals surface area (Å²) in [6, 6.07) is 14.1. The Morgan fingerprint density at radius 3 is 2.07 bits per heavy atom. The highest BCUT2D eigenvalue weighted by Crippen LogP contribution is 2.14. The van der Waals surface area contributed by atoms with Gasteiger partial charge < -0.3 is 20.1 Å². The number of aryl methyl sites for hydroxylation is 1. The van der Waals surface area contributed by atoms with Crippen LogP contribution in [0.2, 0.25) is 0 Å². The van der Waals surface area contributed by atoms with Gasteiger partial charge in [0.1, 0.15) is 5.75 Å². The molecule has 0 fully saturated rings. The first-order chi connectivity index (χ1) is 13.3. The van der Waals surface area contributed by atoms with E-state index in [1.807, 2.05) is 31.2 Å². The molecule has 0 radical (unpaired) electrons. The van der Waals surface area contributed by atoms with E-state index in [2.05, 4.69) is 10.6 Å². The Labute approximate surface area is 164 Å². The van der Waals surface area contributed by atoms with Gasteiger partial charge in [-0.15, -0.1) is 0 Å². The Morgan fingerprint density at radius 2 is 1.50 bits per heavy atom. The van der Waals surface area contributed by atoms with Crippen LogP contribution in [0.15, 0.2) is 48.5 Å². The van der Waals surface area contributed by atoms with Crippen LogP contribution in [0.25, 0.3) is 0 Å². The molecule has 2 amide bonds. The van der Waals surface area contributed by atoms with E-state index in [4.69, 9.17) is 9.47 Å². The van der Waals surface area contributed by atoms with Crippen molar-refractivity contribution in [1.29, 1.82) is 0 Å². The quantitative estimate of drug-likeness (QED) is 0.681. The van der Waals surface area contributed by atoms with Gasteiger partial charge in [0.15, 0.2) is 6.10 Å². The molecule has 0 spiro atoms. The van der Waals surface area contributed by atoms with Crippen molar-refractivity contribution in [2.45, 2.75) is 33.3 Å². The molecule has 0 aliphatic rings. The van der Waals surface area contributed by atoms with Gasteiger partial charge in [0.2, 0.25) is 5.91 Å². The fraction of sp³-hybridized carbons (Fsp3) is 0.286. The molecule has 2 aromatic carbocycles. The Balaban J connectivity index is 1.74. The normalized spacial score (nSPS) is 11.2. The fourth-order valence-electron chi connectivity index (χ4n) is 2.28. The largest absolute Gasteiger partial charge is 0.493 e. The van der Waals surface area contributed by atoms with Crippen LogP contribution in [-0.4, -0.2) is 30.5 Å². The second-order valence-corrected chi connectivity index (χ2v) is 6.29. The first-order valence-corrected chi connectivity index (χ1v) is 8.91. The van der Waals surface area contributed by atoms with Gasteiger partial charge in [0, 0.05) is 18.3 Å². The van der Waals surface area contributed by atoms with Crippen molar-refractivity contribution in [3.05, 3.63) is 54.1 Å². The van der Waals surface area contributed by atoms with E-state index in [-0.39, 0.29) is 18.9 Å². The lowest BCUT2D eigenvalue weighted by atomic mass is 10.2. The second kappa shape index (κ2) is 10.1. The van der Waals surface area contributed by atoms with Crippen molar-refractivity contribution in [1.82, 2.24) is 0 Å². The zero-order chi connectivity index (χ0) is 20.5. The van der Waals surface area contributed by atoms with Crippen LogP contribution in [0.4, 0.5) is 11.4 Å². The van der Waals surface area contributed by atoms with E-state index in [1.54, 1.807) is 24.3 Å². The van der Waals surface area contributed by atoms with E-state index in [0.717, 1.165) is 5.56 Å². The number of carbonyl (C=O) groups excluding carboxylic acids is 3. The molecule has 148 valence electrons. The number of anilines is 2. The first kappa shape index (κ1) is 21.0. The molecule has 2 rings (SSSR count). The average Bonchev–Trinajstić information content (AvgIpc) is 2.64. The highest BCUT2D eigenvalue weighted by Gasteiger charge is 2.18. The minimum atomic E-state index is -0.943. The minimum Gasteiger partial charge on any atom is -0.493 e. The van der Waals surface area contributed by atoms with Crippen molar-refractivity contribution in [3.8, 4) is 5.75 Å². The smallest absolute Gasteiger partial charge is 0.310 e. The first-order valence-electron chi connectivity index (χ1n) is 8.91. The lowest BCUT2D eigenvalue weighted by Crippen LogP contribution is -2.30. The Hall–Kier alpha value is -3.35. The summed E-state index contributed by atoms with van der Waals surface area (Å²) >= 11 is 0. The molecule has 0 saturated heterocycles. The lowest BCUT2D eigenvalue weighted by Gasteiger charge is -2.14. The average molecular weight is 384 g/mol. The van der Waals surface area contributed by atoms with Gasteiger partial charge in [0.25, 0.3) is 5.91 Å². The van der Waals surface area contributed by atoms with Gasteiger partial charge in [0.05, 0.1) is 13.0 Å². The van der Waals surface area contributed by atoms with Gasteiger partial charge in [-0.25, -0.2) is 0 Å². The van der Waals surface area contributed by atoms with E-state index in [1.165, 1.54) is 13.8 Å². The molecule has 2 N–H and O–H groups in total. The number of ether oxygens (including phenoxy) is 2. The maximum absolute atomic E-state index is 12.1. The molecular weight excluding hydrogens is 360 g/mol. The third-order valence-electron chi connectivity index (χ3n) is 3.75. The predicted molar refractivity (Wildman–Crippen MR) is 106 cm³/mol. The predicted octanol–water partition coefficient (Wildman–Crippen LogP) is 3.29. The Kier molecular flexibility index (Phi) is 7.56. The second-order valence-electron chi connectivity index (χ2n) is 6.29. The topological polar surface area (TPSA) is 93.7 Å². The van der Waals surface area contributed by atoms with Crippen LogP contribution in [0, 0.1) is 6.92 Å². The van der Waals surface area contributed by atoms with E-state index >= 15 is 0 Å². The van der Waals surface area contributed by atoms with Crippen LogP contribution in [0.1, 0.15) is 25.8 Å². The van der Waals surface area contributed by atoms with Crippen molar-refractivity contribution in [2.24, 2.45) is 0 Å². The molecule has 0 heterocycles. The van der Waals surface area contributed by atoms with Crippen molar-refractivity contribution in [2.75, 3.05) is 17.2 Å². The number of amides is 2. The molecule has 28 heavy (non-hydrogen) atoms. The summed E-state index contributed by atoms with van der Waals surface area (Å²) in [6.07, 6.45) is -0.904. The highest BCUT2D eigenvalue weighted by atomic mass is 16.5. The van der Waals surface area contributed by atoms with E-state index in [0.29, 0.717) is 17.1 Å². The summed E-state index contributed by atoms with van der Waals surface area (Å²) in [5, 5.41) is 5.29. The molecule has 0 aromatic heterocycles. The number of hydrogen-bond acceptors (Lipinski definition) is 5. The molecule has 0 bridgehead atoms. The van der Waals surface area contributed by atoms with E-state index in [9.17, 15) is 14.4 Å². The van der Waals surface area contributed by atoms with Crippen molar-refractivity contribution < 1.29 is 23.9 Å². The molecule has 2 aromatic rings. The number of hydrogen-bond donors (Lipinski definition) is 2. The molecule has 1 atom stereocenters. The summed E-state index contributed by atoms with van der Waals surface area (Å²) in [4.78, 5) is 35.0. The standard InChI is InChI=1S/C21H24N2O5/c1-14-4-10-19(11-5-14)27-13-12-20(25)28-15(2)21(26)23-18-8-6-17(7-9-18)22-16(3)24/h4-11,15H,12-13H2,1-3H3,(H,22,24)(H,23,26)/t15-/m1/s1. The molecule has 7 nitrogen and oxygen atoms in total. The third kappa shape index (κ3) is 7.11. The minimum absolute atomic E-state index is 0.0386. The monoisotopic (exact) mass is 384 g/mol. The number of nitrogens with one attached hydrogen (secondary N) is 2. The van der Waals surface area contributed by atoms with Gasteiger partial charge in [-0.05, 0) is 50.2 Å². The van der Waals surface area contributed by atoms with Crippen LogP contribution in [-0.2, 0) is 19.1 Å². The Bertz CT molecular complexity index is 816. The van der Waals surface area contributed by atoms with Gasteiger partial charge in [-0.3, -0.25) is 14.4 Å². The third-order valence-corrected chi connectivity index (χ3v) is 3.75. The molecule has 0 aliphatic heterocycles. The molecule has 0 unspecified atom stereocenters. The number of esters is 1. The SMILES string of the molecule is CC(=O)Nc1ccc(NC(=O)[C@@H](C)OC(=O)CCOc2ccc(C)cc2)cc1. The van der Waals surface area contributed by atoms with Crippen LogP contribution >= 0.6 is 0 Å².